The molecule has 1 aromatic carbocycles. The topological polar surface area (TPSA) is 51.0 Å². The van der Waals surface area contributed by atoms with Gasteiger partial charge in [-0.2, -0.15) is 0 Å². The highest BCUT2D eigenvalue weighted by molar-refractivity contribution is 7.99. The molecule has 21 heavy (non-hydrogen) atoms. The Balaban J connectivity index is 2.09. The third kappa shape index (κ3) is 3.98. The Morgan fingerprint density at radius 3 is 2.81 bits per heavy atom. The van der Waals surface area contributed by atoms with Gasteiger partial charge in [-0.05, 0) is 32.0 Å². The molecule has 112 valence electrons. The van der Waals surface area contributed by atoms with Gasteiger partial charge in [0.05, 0.1) is 11.4 Å². The van der Waals surface area contributed by atoms with Gasteiger partial charge in [-0.1, -0.05) is 29.4 Å². The molecule has 0 saturated heterocycles. The van der Waals surface area contributed by atoms with Gasteiger partial charge in [-0.25, -0.2) is 0 Å². The average molecular weight is 325 g/mol. The van der Waals surface area contributed by atoms with Gasteiger partial charge in [-0.3, -0.25) is 9.36 Å². The van der Waals surface area contributed by atoms with E-state index in [9.17, 15) is 4.79 Å². The van der Waals surface area contributed by atoms with E-state index in [1.807, 2.05) is 42.7 Å². The van der Waals surface area contributed by atoms with E-state index in [2.05, 4.69) is 10.2 Å². The number of amides is 1. The zero-order chi connectivity index (χ0) is 15.2. The number of carbonyl (C=O) groups is 1. The van der Waals surface area contributed by atoms with Gasteiger partial charge in [-0.15, -0.1) is 10.2 Å². The lowest BCUT2D eigenvalue weighted by molar-refractivity contribution is -0.127. The number of aromatic nitrogens is 3. The first-order chi connectivity index (χ1) is 10.2. The summed E-state index contributed by atoms with van der Waals surface area (Å²) in [5.41, 5.74) is 0.880. The number of nitrogens with zero attached hydrogens (tertiary/aromatic N) is 4. The standard InChI is InChI=1S/C14H17ClN4OS/c1-3-18(4-2)13(20)9-21-14-17-16-10-19(14)12-7-5-6-11(15)8-12/h5-8,10H,3-4,9H2,1-2H3. The summed E-state index contributed by atoms with van der Waals surface area (Å²) in [6.45, 7) is 5.38. The molecule has 0 radical (unpaired) electrons. The van der Waals surface area contributed by atoms with Gasteiger partial charge < -0.3 is 4.90 Å². The molecule has 0 saturated carbocycles. The zero-order valence-corrected chi connectivity index (χ0v) is 13.6. The second-order valence-corrected chi connectivity index (χ2v) is 5.70. The second-order valence-electron chi connectivity index (χ2n) is 4.32. The first-order valence-electron chi connectivity index (χ1n) is 6.72. The Labute approximate surface area is 133 Å². The maximum Gasteiger partial charge on any atom is 0.233 e. The summed E-state index contributed by atoms with van der Waals surface area (Å²) >= 11 is 7.38. The van der Waals surface area contributed by atoms with Crippen molar-refractivity contribution in [2.45, 2.75) is 19.0 Å². The Bertz CT molecular complexity index is 613. The molecule has 0 bridgehead atoms. The molecule has 0 aliphatic rings. The van der Waals surface area contributed by atoms with Gasteiger partial charge in [0, 0.05) is 18.1 Å². The van der Waals surface area contributed by atoms with Crippen LogP contribution in [0.15, 0.2) is 35.7 Å². The summed E-state index contributed by atoms with van der Waals surface area (Å²) in [7, 11) is 0. The van der Waals surface area contributed by atoms with Crippen molar-refractivity contribution < 1.29 is 4.79 Å². The predicted molar refractivity (Wildman–Crippen MR) is 85.0 cm³/mol. The maximum atomic E-state index is 12.0. The first-order valence-corrected chi connectivity index (χ1v) is 8.08. The summed E-state index contributed by atoms with van der Waals surface area (Å²) in [6.07, 6.45) is 1.62. The van der Waals surface area contributed by atoms with Gasteiger partial charge in [0.25, 0.3) is 0 Å². The van der Waals surface area contributed by atoms with E-state index in [0.29, 0.717) is 15.9 Å². The lowest BCUT2D eigenvalue weighted by Crippen LogP contribution is -2.31. The molecule has 2 rings (SSSR count). The average Bonchev–Trinajstić information content (AvgIpc) is 2.95. The predicted octanol–water partition coefficient (Wildman–Crippen LogP) is 2.88. The Kier molecular flexibility index (Phi) is 5.64. The minimum absolute atomic E-state index is 0.102. The van der Waals surface area contributed by atoms with Crippen molar-refractivity contribution >= 4 is 29.3 Å². The number of thioether (sulfide) groups is 1. The third-order valence-electron chi connectivity index (χ3n) is 3.04. The van der Waals surface area contributed by atoms with Crippen LogP contribution in [0, 0.1) is 0 Å². The minimum Gasteiger partial charge on any atom is -0.343 e. The molecule has 0 N–H and O–H groups in total. The van der Waals surface area contributed by atoms with Crippen molar-refractivity contribution in [2.24, 2.45) is 0 Å². The van der Waals surface area contributed by atoms with Crippen LogP contribution in [0.5, 0.6) is 0 Å². The van der Waals surface area contributed by atoms with Crippen molar-refractivity contribution in [1.82, 2.24) is 19.7 Å². The quantitative estimate of drug-likeness (QED) is 0.767. The second kappa shape index (κ2) is 7.47. The molecule has 0 aliphatic heterocycles. The van der Waals surface area contributed by atoms with E-state index in [-0.39, 0.29) is 5.91 Å². The van der Waals surface area contributed by atoms with Gasteiger partial charge in [0.15, 0.2) is 5.16 Å². The van der Waals surface area contributed by atoms with Crippen molar-refractivity contribution in [2.75, 3.05) is 18.8 Å². The fraction of sp³-hybridized carbons (Fsp3) is 0.357. The fourth-order valence-electron chi connectivity index (χ4n) is 1.92. The lowest BCUT2D eigenvalue weighted by Gasteiger charge is -2.18. The largest absolute Gasteiger partial charge is 0.343 e. The summed E-state index contributed by atoms with van der Waals surface area (Å²) < 4.78 is 1.83. The zero-order valence-electron chi connectivity index (χ0n) is 12.0. The van der Waals surface area contributed by atoms with E-state index in [1.165, 1.54) is 11.8 Å². The molecular weight excluding hydrogens is 308 g/mol. The molecule has 2 aromatic rings. The van der Waals surface area contributed by atoms with E-state index in [0.717, 1.165) is 18.8 Å². The highest BCUT2D eigenvalue weighted by atomic mass is 35.5. The molecule has 5 nitrogen and oxygen atoms in total. The molecule has 1 heterocycles. The highest BCUT2D eigenvalue weighted by Crippen LogP contribution is 2.21. The summed E-state index contributed by atoms with van der Waals surface area (Å²) in [4.78, 5) is 13.8. The van der Waals surface area contributed by atoms with Crippen LogP contribution >= 0.6 is 23.4 Å². The molecule has 0 unspecified atom stereocenters. The van der Waals surface area contributed by atoms with E-state index < -0.39 is 0 Å². The van der Waals surface area contributed by atoms with Crippen LogP contribution in [-0.2, 0) is 4.79 Å². The van der Waals surface area contributed by atoms with E-state index >= 15 is 0 Å². The van der Waals surface area contributed by atoms with Crippen LogP contribution in [0.1, 0.15) is 13.8 Å². The number of hydrogen-bond acceptors (Lipinski definition) is 4. The Hall–Kier alpha value is -1.53. The third-order valence-corrected chi connectivity index (χ3v) is 4.21. The SMILES string of the molecule is CCN(CC)C(=O)CSc1nncn1-c1cccc(Cl)c1. The van der Waals surface area contributed by atoms with Gasteiger partial charge >= 0.3 is 0 Å². The van der Waals surface area contributed by atoms with E-state index in [1.54, 1.807) is 11.2 Å². The molecule has 7 heteroatoms. The van der Waals surface area contributed by atoms with Crippen molar-refractivity contribution in [3.63, 3.8) is 0 Å². The normalized spacial score (nSPS) is 10.6. The Morgan fingerprint density at radius 1 is 1.38 bits per heavy atom. The summed E-state index contributed by atoms with van der Waals surface area (Å²) in [5, 5.41) is 9.31. The van der Waals surface area contributed by atoms with Crippen molar-refractivity contribution in [3.05, 3.63) is 35.6 Å². The monoisotopic (exact) mass is 324 g/mol. The van der Waals surface area contributed by atoms with Crippen LogP contribution in [0.4, 0.5) is 0 Å². The fourth-order valence-corrected chi connectivity index (χ4v) is 2.94. The van der Waals surface area contributed by atoms with Crippen LogP contribution in [0.25, 0.3) is 5.69 Å². The van der Waals surface area contributed by atoms with E-state index in [4.69, 9.17) is 11.6 Å². The first kappa shape index (κ1) is 15.9. The molecule has 0 fully saturated rings. The van der Waals surface area contributed by atoms with Gasteiger partial charge in [0.2, 0.25) is 5.91 Å². The number of halogens is 1. The molecule has 1 amide bonds. The van der Waals surface area contributed by atoms with Crippen molar-refractivity contribution in [3.8, 4) is 5.69 Å². The summed E-state index contributed by atoms with van der Waals surface area (Å²) in [6, 6.07) is 7.44. The smallest absolute Gasteiger partial charge is 0.233 e. The number of benzene rings is 1. The van der Waals surface area contributed by atoms with Crippen LogP contribution in [0.2, 0.25) is 5.02 Å². The molecule has 1 aromatic heterocycles. The van der Waals surface area contributed by atoms with Crippen LogP contribution in [-0.4, -0.2) is 44.4 Å². The number of hydrogen-bond donors (Lipinski definition) is 0. The maximum absolute atomic E-state index is 12.0. The van der Waals surface area contributed by atoms with Crippen LogP contribution < -0.4 is 0 Å². The van der Waals surface area contributed by atoms with Crippen molar-refractivity contribution in [1.29, 1.82) is 0 Å². The minimum atomic E-state index is 0.102. The highest BCUT2D eigenvalue weighted by Gasteiger charge is 2.13. The lowest BCUT2D eigenvalue weighted by atomic mass is 10.3. The molecule has 0 spiro atoms. The molecule has 0 atom stereocenters. The van der Waals surface area contributed by atoms with Gasteiger partial charge in [0.1, 0.15) is 6.33 Å². The molecular formula is C14H17ClN4OS. The number of carbonyl (C=O) groups excluding carboxylic acids is 1. The van der Waals surface area contributed by atoms with Crippen LogP contribution in [0.3, 0.4) is 0 Å². The molecule has 0 aliphatic carbocycles. The summed E-state index contributed by atoms with van der Waals surface area (Å²) in [5.74, 6) is 0.451. The number of rotatable bonds is 6. The Morgan fingerprint density at radius 2 is 2.14 bits per heavy atom.